The molecule has 1 aromatic carbocycles. The Bertz CT molecular complexity index is 369. The standard InChI is InChI=1S/C16H27NO3/c1-4-8-17-13-14-12-15(18-3)6-7-16(14)20-11-10-19-9-5-2/h6-7,12,17H,4-5,8-11,13H2,1-3H3. The molecule has 0 radical (unpaired) electrons. The normalized spacial score (nSPS) is 10.6. The summed E-state index contributed by atoms with van der Waals surface area (Å²) in [4.78, 5) is 0. The Kier molecular flexibility index (Phi) is 8.83. The molecule has 1 rings (SSSR count). The third kappa shape index (κ3) is 6.26. The van der Waals surface area contributed by atoms with Crippen molar-refractivity contribution in [3.8, 4) is 11.5 Å². The van der Waals surface area contributed by atoms with Crippen LogP contribution in [0.4, 0.5) is 0 Å². The molecule has 0 amide bonds. The van der Waals surface area contributed by atoms with Gasteiger partial charge in [-0.05, 0) is 37.6 Å². The average molecular weight is 281 g/mol. The summed E-state index contributed by atoms with van der Waals surface area (Å²) in [5.74, 6) is 1.75. The first-order valence-corrected chi connectivity index (χ1v) is 7.40. The van der Waals surface area contributed by atoms with E-state index >= 15 is 0 Å². The van der Waals surface area contributed by atoms with Crippen molar-refractivity contribution >= 4 is 0 Å². The number of rotatable bonds is 11. The van der Waals surface area contributed by atoms with Crippen LogP contribution in [-0.2, 0) is 11.3 Å². The molecule has 0 aliphatic rings. The maximum Gasteiger partial charge on any atom is 0.124 e. The first-order chi connectivity index (χ1) is 9.81. The lowest BCUT2D eigenvalue weighted by Gasteiger charge is -2.13. The van der Waals surface area contributed by atoms with Crippen LogP contribution < -0.4 is 14.8 Å². The molecule has 4 nitrogen and oxygen atoms in total. The van der Waals surface area contributed by atoms with E-state index in [4.69, 9.17) is 14.2 Å². The quantitative estimate of drug-likeness (QED) is 0.633. The smallest absolute Gasteiger partial charge is 0.124 e. The van der Waals surface area contributed by atoms with Gasteiger partial charge in [0.25, 0.3) is 0 Å². The highest BCUT2D eigenvalue weighted by Crippen LogP contribution is 2.24. The molecule has 0 saturated heterocycles. The van der Waals surface area contributed by atoms with Gasteiger partial charge in [-0.1, -0.05) is 13.8 Å². The molecular formula is C16H27NO3. The van der Waals surface area contributed by atoms with Gasteiger partial charge in [0.05, 0.1) is 13.7 Å². The highest BCUT2D eigenvalue weighted by atomic mass is 16.5. The van der Waals surface area contributed by atoms with Crippen LogP contribution in [0.25, 0.3) is 0 Å². The SMILES string of the molecule is CCCNCc1cc(OC)ccc1OCCOCCC. The molecule has 0 aliphatic carbocycles. The van der Waals surface area contributed by atoms with Crippen LogP contribution in [-0.4, -0.2) is 33.5 Å². The molecule has 0 heterocycles. The van der Waals surface area contributed by atoms with E-state index in [-0.39, 0.29) is 0 Å². The largest absolute Gasteiger partial charge is 0.497 e. The second kappa shape index (κ2) is 10.5. The van der Waals surface area contributed by atoms with E-state index in [0.29, 0.717) is 13.2 Å². The Morgan fingerprint density at radius 2 is 1.90 bits per heavy atom. The van der Waals surface area contributed by atoms with Gasteiger partial charge in [0, 0.05) is 18.7 Å². The van der Waals surface area contributed by atoms with E-state index in [2.05, 4.69) is 19.2 Å². The van der Waals surface area contributed by atoms with Crippen LogP contribution in [0.1, 0.15) is 32.3 Å². The summed E-state index contributed by atoms with van der Waals surface area (Å²) < 4.78 is 16.5. The number of ether oxygens (including phenoxy) is 3. The average Bonchev–Trinajstić information content (AvgIpc) is 2.48. The van der Waals surface area contributed by atoms with E-state index in [1.54, 1.807) is 7.11 Å². The number of nitrogens with one attached hydrogen (secondary N) is 1. The van der Waals surface area contributed by atoms with Gasteiger partial charge in [-0.25, -0.2) is 0 Å². The van der Waals surface area contributed by atoms with Gasteiger partial charge in [-0.15, -0.1) is 0 Å². The molecule has 4 heteroatoms. The van der Waals surface area contributed by atoms with E-state index in [1.807, 2.05) is 18.2 Å². The molecule has 0 aromatic heterocycles. The number of hydrogen-bond donors (Lipinski definition) is 1. The number of hydrogen-bond acceptors (Lipinski definition) is 4. The Balaban J connectivity index is 2.53. The van der Waals surface area contributed by atoms with Gasteiger partial charge in [-0.3, -0.25) is 0 Å². The van der Waals surface area contributed by atoms with Gasteiger partial charge in [0.15, 0.2) is 0 Å². The summed E-state index contributed by atoms with van der Waals surface area (Å²) in [6.07, 6.45) is 2.15. The number of benzene rings is 1. The van der Waals surface area contributed by atoms with Crippen LogP contribution in [0, 0.1) is 0 Å². The highest BCUT2D eigenvalue weighted by Gasteiger charge is 2.05. The predicted octanol–water partition coefficient (Wildman–Crippen LogP) is 3.00. The van der Waals surface area contributed by atoms with E-state index in [1.165, 1.54) is 0 Å². The second-order valence-corrected chi connectivity index (χ2v) is 4.61. The fraction of sp³-hybridized carbons (Fsp3) is 0.625. The first kappa shape index (κ1) is 16.8. The van der Waals surface area contributed by atoms with Gasteiger partial charge in [0.2, 0.25) is 0 Å². The Morgan fingerprint density at radius 1 is 1.05 bits per heavy atom. The summed E-state index contributed by atoms with van der Waals surface area (Å²) in [7, 11) is 1.68. The highest BCUT2D eigenvalue weighted by molar-refractivity contribution is 5.40. The zero-order valence-corrected chi connectivity index (χ0v) is 12.9. The molecule has 0 bridgehead atoms. The minimum atomic E-state index is 0.576. The monoisotopic (exact) mass is 281 g/mol. The third-order valence-electron chi connectivity index (χ3n) is 2.84. The maximum atomic E-state index is 5.79. The maximum absolute atomic E-state index is 5.79. The fourth-order valence-electron chi connectivity index (χ4n) is 1.82. The molecule has 0 spiro atoms. The minimum Gasteiger partial charge on any atom is -0.497 e. The molecule has 1 N–H and O–H groups in total. The summed E-state index contributed by atoms with van der Waals surface area (Å²) >= 11 is 0. The van der Waals surface area contributed by atoms with Gasteiger partial charge < -0.3 is 19.5 Å². The summed E-state index contributed by atoms with van der Waals surface area (Å²) in [6, 6.07) is 5.90. The summed E-state index contributed by atoms with van der Waals surface area (Å²) in [5, 5.41) is 3.39. The minimum absolute atomic E-state index is 0.576. The van der Waals surface area contributed by atoms with Crippen LogP contribution >= 0.6 is 0 Å². The molecular weight excluding hydrogens is 254 g/mol. The topological polar surface area (TPSA) is 39.7 Å². The molecule has 0 saturated carbocycles. The molecule has 114 valence electrons. The Labute approximate surface area is 122 Å². The molecule has 0 fully saturated rings. The predicted molar refractivity (Wildman–Crippen MR) is 81.6 cm³/mol. The van der Waals surface area contributed by atoms with Crippen LogP contribution in [0.3, 0.4) is 0 Å². The summed E-state index contributed by atoms with van der Waals surface area (Å²) in [6.45, 7) is 8.03. The van der Waals surface area contributed by atoms with Crippen molar-refractivity contribution in [1.29, 1.82) is 0 Å². The number of methoxy groups -OCH3 is 1. The van der Waals surface area contributed by atoms with Gasteiger partial charge in [0.1, 0.15) is 18.1 Å². The molecule has 0 atom stereocenters. The van der Waals surface area contributed by atoms with Crippen LogP contribution in [0.5, 0.6) is 11.5 Å². The van der Waals surface area contributed by atoms with Crippen molar-refractivity contribution in [3.63, 3.8) is 0 Å². The van der Waals surface area contributed by atoms with E-state index in [9.17, 15) is 0 Å². The van der Waals surface area contributed by atoms with Crippen molar-refractivity contribution in [1.82, 2.24) is 5.32 Å². The van der Waals surface area contributed by atoms with Crippen molar-refractivity contribution in [3.05, 3.63) is 23.8 Å². The first-order valence-electron chi connectivity index (χ1n) is 7.40. The van der Waals surface area contributed by atoms with E-state index in [0.717, 1.165) is 49.6 Å². The lowest BCUT2D eigenvalue weighted by Crippen LogP contribution is -2.15. The fourth-order valence-corrected chi connectivity index (χ4v) is 1.82. The molecule has 0 unspecified atom stereocenters. The van der Waals surface area contributed by atoms with Crippen molar-refractivity contribution in [2.24, 2.45) is 0 Å². The van der Waals surface area contributed by atoms with Crippen molar-refractivity contribution in [2.45, 2.75) is 33.2 Å². The molecule has 1 aromatic rings. The third-order valence-corrected chi connectivity index (χ3v) is 2.84. The van der Waals surface area contributed by atoms with Crippen molar-refractivity contribution in [2.75, 3.05) is 33.5 Å². The Hall–Kier alpha value is -1.26. The van der Waals surface area contributed by atoms with Crippen LogP contribution in [0.2, 0.25) is 0 Å². The van der Waals surface area contributed by atoms with Gasteiger partial charge >= 0.3 is 0 Å². The van der Waals surface area contributed by atoms with E-state index < -0.39 is 0 Å². The zero-order valence-electron chi connectivity index (χ0n) is 12.9. The molecule has 20 heavy (non-hydrogen) atoms. The van der Waals surface area contributed by atoms with Crippen LogP contribution in [0.15, 0.2) is 18.2 Å². The zero-order chi connectivity index (χ0) is 14.6. The lowest BCUT2D eigenvalue weighted by atomic mass is 10.2. The lowest BCUT2D eigenvalue weighted by molar-refractivity contribution is 0.100. The van der Waals surface area contributed by atoms with Crippen molar-refractivity contribution < 1.29 is 14.2 Å². The second-order valence-electron chi connectivity index (χ2n) is 4.61. The van der Waals surface area contributed by atoms with Gasteiger partial charge in [-0.2, -0.15) is 0 Å². The Morgan fingerprint density at radius 3 is 2.60 bits per heavy atom. The summed E-state index contributed by atoms with van der Waals surface area (Å²) in [5.41, 5.74) is 1.12. The molecule has 0 aliphatic heterocycles.